The van der Waals surface area contributed by atoms with Crippen LogP contribution in [0.1, 0.15) is 67.6 Å². The number of rotatable bonds is 5. The zero-order valence-electron chi connectivity index (χ0n) is 23.9. The lowest BCUT2D eigenvalue weighted by atomic mass is 9.67. The zero-order chi connectivity index (χ0) is 27.7. The van der Waals surface area contributed by atoms with Crippen LogP contribution >= 0.6 is 0 Å². The van der Waals surface area contributed by atoms with Crippen molar-refractivity contribution in [2.75, 3.05) is 32.8 Å². The normalized spacial score (nSPS) is 28.0. The van der Waals surface area contributed by atoms with E-state index in [-0.39, 0.29) is 42.7 Å². The maximum Gasteiger partial charge on any atom is 0.422 e. The minimum atomic E-state index is -4.39. The second-order valence-electron chi connectivity index (χ2n) is 12.4. The molecule has 4 atom stereocenters. The highest BCUT2D eigenvalue weighted by Crippen LogP contribution is 2.44. The van der Waals surface area contributed by atoms with E-state index in [0.29, 0.717) is 24.1 Å². The molecule has 0 radical (unpaired) electrons. The predicted octanol–water partition coefficient (Wildman–Crippen LogP) is -2.50. The van der Waals surface area contributed by atoms with Crippen LogP contribution < -0.4 is 40.2 Å². The van der Waals surface area contributed by atoms with E-state index in [1.54, 1.807) is 12.1 Å². The van der Waals surface area contributed by atoms with Crippen molar-refractivity contribution in [3.05, 3.63) is 65.2 Å². The summed E-state index contributed by atoms with van der Waals surface area (Å²) < 4.78 is 44.2. The van der Waals surface area contributed by atoms with E-state index >= 15 is 0 Å². The Morgan fingerprint density at radius 2 is 1.69 bits per heavy atom. The molecule has 4 N–H and O–H groups in total. The second kappa shape index (κ2) is 13.7. The molecular formula is C32H42Cl2F3N3O2. The van der Waals surface area contributed by atoms with Crippen molar-refractivity contribution < 1.29 is 58.2 Å². The van der Waals surface area contributed by atoms with Crippen molar-refractivity contribution in [3.8, 4) is 5.75 Å². The molecule has 1 aliphatic carbocycles. The van der Waals surface area contributed by atoms with Crippen LogP contribution in [0.25, 0.3) is 0 Å². The summed E-state index contributed by atoms with van der Waals surface area (Å²) in [6.07, 6.45) is 3.74. The summed E-state index contributed by atoms with van der Waals surface area (Å²) in [5.74, 6) is 1.36. The van der Waals surface area contributed by atoms with Crippen molar-refractivity contribution in [2.24, 2.45) is 11.8 Å². The van der Waals surface area contributed by atoms with E-state index < -0.39 is 18.2 Å². The first kappa shape index (κ1) is 32.9. The summed E-state index contributed by atoms with van der Waals surface area (Å²) in [7, 11) is 0. The Labute approximate surface area is 259 Å². The molecule has 1 saturated carbocycles. The van der Waals surface area contributed by atoms with Gasteiger partial charge in [0.05, 0.1) is 25.2 Å². The standard InChI is InChI=1S/C32H40F3N3O2.2ClH/c33-32(34,35)21-40-29-13-7-12-26-25(29)17-36-19-31(26)20-37-18-27(31)30(39)38-15-14-24(22-8-3-1-4-9-22)16-28(38)23-10-5-2-6-11-23;;/h1,3-4,7-9,12-13,23-24,27-28,36-37H,2,5-6,10-11,14-21H2;2*1H/t24-,27-,28+,31+;;/m1../s1. The summed E-state index contributed by atoms with van der Waals surface area (Å²) in [5, 5.41) is 4.39. The summed E-state index contributed by atoms with van der Waals surface area (Å²) in [6, 6.07) is 16.5. The van der Waals surface area contributed by atoms with Crippen molar-refractivity contribution in [3.63, 3.8) is 0 Å². The SMILES string of the molecule is O=C([C@H]1C[NH2+]C[C@]12C[NH2+]Cc1c(OCC(F)(F)F)cccc12)N1CC[C@@H](c2ccccc2)C[C@H]1C1CCCCC1.[Cl-].[Cl-]. The summed E-state index contributed by atoms with van der Waals surface area (Å²) in [5.41, 5.74) is 2.80. The minimum Gasteiger partial charge on any atom is -1.00 e. The average molecular weight is 629 g/mol. The van der Waals surface area contributed by atoms with Crippen molar-refractivity contribution in [1.29, 1.82) is 0 Å². The summed E-state index contributed by atoms with van der Waals surface area (Å²) in [6.45, 7) is 2.30. The molecule has 1 amide bonds. The number of piperidine rings is 1. The van der Waals surface area contributed by atoms with Gasteiger partial charge in [-0.25, -0.2) is 0 Å². The third kappa shape index (κ3) is 6.57. The number of alkyl halides is 3. The van der Waals surface area contributed by atoms with E-state index in [2.05, 4.69) is 45.9 Å². The molecule has 10 heteroatoms. The number of amides is 1. The van der Waals surface area contributed by atoms with Crippen LogP contribution in [0, 0.1) is 11.8 Å². The molecule has 6 rings (SSSR count). The van der Waals surface area contributed by atoms with Gasteiger partial charge in [0.15, 0.2) is 6.61 Å². The molecule has 0 unspecified atom stereocenters. The van der Waals surface area contributed by atoms with Gasteiger partial charge >= 0.3 is 6.18 Å². The van der Waals surface area contributed by atoms with E-state index in [1.807, 2.05) is 6.07 Å². The number of nitrogens with zero attached hydrogens (tertiary/aromatic N) is 1. The van der Waals surface area contributed by atoms with Gasteiger partial charge in [0.1, 0.15) is 23.6 Å². The second-order valence-corrected chi connectivity index (χ2v) is 12.4. The Balaban J connectivity index is 0.00000202. The molecule has 2 aromatic carbocycles. The topological polar surface area (TPSA) is 62.8 Å². The van der Waals surface area contributed by atoms with Crippen LogP contribution in [-0.2, 0) is 16.8 Å². The van der Waals surface area contributed by atoms with E-state index in [9.17, 15) is 18.0 Å². The van der Waals surface area contributed by atoms with Crippen molar-refractivity contribution in [1.82, 2.24) is 4.90 Å². The first-order valence-electron chi connectivity index (χ1n) is 15.2. The lowest BCUT2D eigenvalue weighted by molar-refractivity contribution is -0.691. The minimum absolute atomic E-state index is 0. The molecule has 5 nitrogen and oxygen atoms in total. The third-order valence-electron chi connectivity index (χ3n) is 10.2. The van der Waals surface area contributed by atoms with Crippen LogP contribution in [0.4, 0.5) is 13.2 Å². The van der Waals surface area contributed by atoms with Crippen molar-refractivity contribution in [2.45, 2.75) is 75.0 Å². The number of nitrogens with two attached hydrogens (primary N) is 2. The number of carbonyl (C=O) groups excluding carboxylic acids is 1. The first-order valence-corrected chi connectivity index (χ1v) is 15.2. The van der Waals surface area contributed by atoms with Gasteiger partial charge in [-0.2, -0.15) is 13.2 Å². The fourth-order valence-electron chi connectivity index (χ4n) is 8.32. The Hall–Kier alpha value is -2.00. The Morgan fingerprint density at radius 3 is 2.43 bits per heavy atom. The first-order chi connectivity index (χ1) is 19.4. The fourth-order valence-corrected chi connectivity index (χ4v) is 8.32. The van der Waals surface area contributed by atoms with E-state index in [4.69, 9.17) is 4.74 Å². The molecule has 4 aliphatic rings. The number of hydrogen-bond acceptors (Lipinski definition) is 2. The predicted molar refractivity (Wildman–Crippen MR) is 146 cm³/mol. The molecule has 0 bridgehead atoms. The average Bonchev–Trinajstić information content (AvgIpc) is 3.40. The molecule has 2 saturated heterocycles. The van der Waals surface area contributed by atoms with Gasteiger partial charge in [-0.3, -0.25) is 4.79 Å². The zero-order valence-corrected chi connectivity index (χ0v) is 25.4. The Kier molecular flexibility index (Phi) is 10.8. The van der Waals surface area contributed by atoms with Gasteiger partial charge in [0, 0.05) is 12.6 Å². The number of quaternary nitrogens is 2. The highest BCUT2D eigenvalue weighted by Gasteiger charge is 2.57. The maximum atomic E-state index is 14.6. The van der Waals surface area contributed by atoms with Gasteiger partial charge in [0.2, 0.25) is 5.91 Å². The van der Waals surface area contributed by atoms with Gasteiger partial charge in [0.25, 0.3) is 0 Å². The number of halogens is 5. The molecule has 2 aromatic rings. The van der Waals surface area contributed by atoms with Crippen LogP contribution in [-0.4, -0.2) is 55.8 Å². The monoisotopic (exact) mass is 627 g/mol. The molecular weight excluding hydrogens is 586 g/mol. The molecule has 3 fully saturated rings. The molecule has 3 aliphatic heterocycles. The largest absolute Gasteiger partial charge is 1.00 e. The molecule has 0 aromatic heterocycles. The molecule has 3 heterocycles. The lowest BCUT2D eigenvalue weighted by Crippen LogP contribution is -3.00. The number of hydrogen-bond donors (Lipinski definition) is 2. The van der Waals surface area contributed by atoms with Crippen LogP contribution in [0.2, 0.25) is 0 Å². The number of benzene rings is 2. The smallest absolute Gasteiger partial charge is 0.422 e. The fraction of sp³-hybridized carbons (Fsp3) is 0.594. The number of carbonyl (C=O) groups is 1. The van der Waals surface area contributed by atoms with Gasteiger partial charge in [-0.1, -0.05) is 61.7 Å². The molecule has 232 valence electrons. The summed E-state index contributed by atoms with van der Waals surface area (Å²) >= 11 is 0. The van der Waals surface area contributed by atoms with Gasteiger partial charge in [-0.15, -0.1) is 0 Å². The van der Waals surface area contributed by atoms with E-state index in [1.165, 1.54) is 37.7 Å². The van der Waals surface area contributed by atoms with Crippen LogP contribution in [0.3, 0.4) is 0 Å². The Bertz CT molecular complexity index is 1200. The quantitative estimate of drug-likeness (QED) is 0.385. The lowest BCUT2D eigenvalue weighted by Gasteiger charge is -2.47. The third-order valence-corrected chi connectivity index (χ3v) is 10.2. The van der Waals surface area contributed by atoms with Gasteiger partial charge < -0.3 is 45.1 Å². The number of likely N-dealkylation sites (tertiary alicyclic amines) is 1. The number of fused-ring (bicyclic) bond motifs is 2. The van der Waals surface area contributed by atoms with Gasteiger partial charge in [-0.05, 0) is 54.7 Å². The van der Waals surface area contributed by atoms with Crippen LogP contribution in [0.15, 0.2) is 48.5 Å². The number of ether oxygens (including phenoxy) is 1. The highest BCUT2D eigenvalue weighted by molar-refractivity contribution is 5.82. The highest BCUT2D eigenvalue weighted by atomic mass is 35.5. The van der Waals surface area contributed by atoms with E-state index in [0.717, 1.165) is 50.1 Å². The molecule has 42 heavy (non-hydrogen) atoms. The Morgan fingerprint density at radius 1 is 0.952 bits per heavy atom. The summed E-state index contributed by atoms with van der Waals surface area (Å²) in [4.78, 5) is 16.9. The molecule has 1 spiro atoms. The van der Waals surface area contributed by atoms with Crippen LogP contribution in [0.5, 0.6) is 5.75 Å². The maximum absolute atomic E-state index is 14.6. The van der Waals surface area contributed by atoms with Crippen molar-refractivity contribution >= 4 is 5.91 Å².